The van der Waals surface area contributed by atoms with Crippen molar-refractivity contribution in [1.82, 2.24) is 10.2 Å². The summed E-state index contributed by atoms with van der Waals surface area (Å²) in [5, 5.41) is 11.5. The van der Waals surface area contributed by atoms with Crippen molar-refractivity contribution in [2.24, 2.45) is 0 Å². The molecule has 0 rings (SSSR count). The predicted molar refractivity (Wildman–Crippen MR) is 73.3 cm³/mol. The van der Waals surface area contributed by atoms with Crippen LogP contribution in [-0.4, -0.2) is 42.3 Å². The van der Waals surface area contributed by atoms with Crippen LogP contribution in [0.25, 0.3) is 0 Å². The number of hydrogen-bond acceptors (Lipinski definition) is 2. The number of carbonyl (C=O) groups is 1. The summed E-state index contributed by atoms with van der Waals surface area (Å²) < 4.78 is 0. The zero-order valence-electron chi connectivity index (χ0n) is 10.3. The molecule has 0 aliphatic carbocycles. The third-order valence-corrected chi connectivity index (χ3v) is 1.55. The molecule has 0 spiro atoms. The molecule has 0 fully saturated rings. The molecular formula is C13H22N2O2. The van der Waals surface area contributed by atoms with Gasteiger partial charge in [0.2, 0.25) is 0 Å². The summed E-state index contributed by atoms with van der Waals surface area (Å²) in [7, 11) is 0. The number of hydrogen-bond donors (Lipinski definition) is 2. The van der Waals surface area contributed by atoms with Crippen LogP contribution < -0.4 is 5.32 Å². The maximum absolute atomic E-state index is 10.3. The minimum absolute atomic E-state index is 0.349. The van der Waals surface area contributed by atoms with Crippen molar-refractivity contribution in [3.63, 3.8) is 0 Å². The molecule has 2 N–H and O–H groups in total. The molecule has 0 unspecified atom stereocenters. The maximum atomic E-state index is 10.3. The van der Waals surface area contributed by atoms with E-state index >= 15 is 0 Å². The van der Waals surface area contributed by atoms with Gasteiger partial charge in [0.15, 0.2) is 0 Å². The van der Waals surface area contributed by atoms with Gasteiger partial charge >= 0.3 is 6.09 Å². The van der Waals surface area contributed by atoms with E-state index in [2.05, 4.69) is 31.6 Å². The zero-order valence-corrected chi connectivity index (χ0v) is 10.3. The normalized spacial score (nSPS) is 8.24. The van der Waals surface area contributed by atoms with Crippen LogP contribution in [0.5, 0.6) is 0 Å². The Balaban J connectivity index is 0. The van der Waals surface area contributed by atoms with Crippen molar-refractivity contribution in [2.45, 2.75) is 0 Å². The smallest absolute Gasteiger partial charge is 0.407 e. The number of carboxylic acid groups (broad SMARTS) is 1. The number of nitrogens with zero attached hydrogens (tertiary/aromatic N) is 1. The molecule has 4 nitrogen and oxygen atoms in total. The van der Waals surface area contributed by atoms with Gasteiger partial charge in [0.1, 0.15) is 0 Å². The van der Waals surface area contributed by atoms with Gasteiger partial charge in [-0.3, -0.25) is 0 Å². The number of amides is 1. The van der Waals surface area contributed by atoms with Gasteiger partial charge in [-0.15, -0.1) is 26.3 Å². The molecule has 0 saturated heterocycles. The Bertz CT molecular complexity index is 232. The van der Waals surface area contributed by atoms with Crippen LogP contribution in [0, 0.1) is 0 Å². The van der Waals surface area contributed by atoms with E-state index < -0.39 is 6.09 Å². The molecule has 0 aliphatic rings. The van der Waals surface area contributed by atoms with Gasteiger partial charge in [0.05, 0.1) is 0 Å². The molecule has 0 aromatic heterocycles. The summed E-state index contributed by atoms with van der Waals surface area (Å²) in [6, 6.07) is 0. The molecule has 4 heteroatoms. The summed E-state index contributed by atoms with van der Waals surface area (Å²) in [6.07, 6.45) is 5.78. The van der Waals surface area contributed by atoms with Crippen molar-refractivity contribution in [2.75, 3.05) is 26.2 Å². The first kappa shape index (κ1) is 17.6. The van der Waals surface area contributed by atoms with E-state index in [1.54, 1.807) is 0 Å². The lowest BCUT2D eigenvalue weighted by atomic mass is 10.5. The first-order valence-corrected chi connectivity index (χ1v) is 5.26. The van der Waals surface area contributed by atoms with Gasteiger partial charge in [-0.05, 0) is 0 Å². The predicted octanol–water partition coefficient (Wildman–Crippen LogP) is 2.29. The van der Waals surface area contributed by atoms with E-state index in [0.717, 1.165) is 13.1 Å². The number of nitrogens with one attached hydrogen (secondary N) is 1. The van der Waals surface area contributed by atoms with Gasteiger partial charge in [0.25, 0.3) is 0 Å². The van der Waals surface area contributed by atoms with Gasteiger partial charge in [0, 0.05) is 26.2 Å². The third kappa shape index (κ3) is 14.2. The van der Waals surface area contributed by atoms with Crippen molar-refractivity contribution >= 4 is 6.09 Å². The van der Waals surface area contributed by atoms with E-state index in [9.17, 15) is 4.79 Å². The molecule has 0 atom stereocenters. The molecule has 0 aliphatic heterocycles. The molecule has 0 saturated carbocycles. The topological polar surface area (TPSA) is 52.6 Å². The lowest BCUT2D eigenvalue weighted by Crippen LogP contribution is -2.29. The Kier molecular flexibility index (Phi) is 14.7. The fourth-order valence-corrected chi connectivity index (χ4v) is 0.830. The molecule has 0 radical (unpaired) electrons. The lowest BCUT2D eigenvalue weighted by Gasteiger charge is -2.13. The minimum Gasteiger partial charge on any atom is -0.465 e. The van der Waals surface area contributed by atoms with Crippen molar-refractivity contribution in [3.05, 3.63) is 50.6 Å². The second kappa shape index (κ2) is 14.2. The minimum atomic E-state index is -0.945. The van der Waals surface area contributed by atoms with E-state index in [1.165, 1.54) is 17.1 Å². The van der Waals surface area contributed by atoms with Crippen LogP contribution in [0.15, 0.2) is 50.6 Å². The Morgan fingerprint density at radius 2 is 1.41 bits per heavy atom. The SMILES string of the molecule is C=CCN(CC=C)C(=O)O.C=CCNCC=C. The lowest BCUT2D eigenvalue weighted by molar-refractivity contribution is 0.155. The molecule has 0 bridgehead atoms. The molecule has 17 heavy (non-hydrogen) atoms. The summed E-state index contributed by atoms with van der Waals surface area (Å²) in [5.41, 5.74) is 0. The standard InChI is InChI=1S/C7H11NO2.C6H11N/c1-3-5-8(6-4-2)7(9)10;1-3-5-7-6-4-2/h3-4H,1-2,5-6H2,(H,9,10);3-4,7H,1-2,5-6H2. The van der Waals surface area contributed by atoms with Gasteiger partial charge < -0.3 is 15.3 Å². The molecule has 0 aromatic carbocycles. The van der Waals surface area contributed by atoms with Crippen molar-refractivity contribution < 1.29 is 9.90 Å². The first-order valence-electron chi connectivity index (χ1n) is 5.26. The van der Waals surface area contributed by atoms with Gasteiger partial charge in [-0.1, -0.05) is 24.3 Å². The van der Waals surface area contributed by atoms with Crippen molar-refractivity contribution in [1.29, 1.82) is 0 Å². The van der Waals surface area contributed by atoms with Crippen LogP contribution in [-0.2, 0) is 0 Å². The van der Waals surface area contributed by atoms with Gasteiger partial charge in [-0.2, -0.15) is 0 Å². The van der Waals surface area contributed by atoms with Crippen molar-refractivity contribution in [3.8, 4) is 0 Å². The molecule has 0 aromatic rings. The average molecular weight is 238 g/mol. The molecule has 96 valence electrons. The number of rotatable bonds is 8. The second-order valence-electron chi connectivity index (χ2n) is 3.00. The molecule has 1 amide bonds. The van der Waals surface area contributed by atoms with E-state index in [-0.39, 0.29) is 0 Å². The van der Waals surface area contributed by atoms with E-state index in [4.69, 9.17) is 5.11 Å². The maximum Gasteiger partial charge on any atom is 0.407 e. The Morgan fingerprint density at radius 1 is 1.00 bits per heavy atom. The summed E-state index contributed by atoms with van der Waals surface area (Å²) in [5.74, 6) is 0. The fourth-order valence-electron chi connectivity index (χ4n) is 0.830. The first-order chi connectivity index (χ1) is 8.13. The monoisotopic (exact) mass is 238 g/mol. The highest BCUT2D eigenvalue weighted by Crippen LogP contribution is 1.88. The Hall–Kier alpha value is -1.81. The molecular weight excluding hydrogens is 216 g/mol. The highest BCUT2D eigenvalue weighted by atomic mass is 16.4. The van der Waals surface area contributed by atoms with Crippen LogP contribution in [0.2, 0.25) is 0 Å². The largest absolute Gasteiger partial charge is 0.465 e. The van der Waals surface area contributed by atoms with Crippen LogP contribution in [0.3, 0.4) is 0 Å². The summed E-state index contributed by atoms with van der Waals surface area (Å²) >= 11 is 0. The Morgan fingerprint density at radius 3 is 1.65 bits per heavy atom. The summed E-state index contributed by atoms with van der Waals surface area (Å²) in [6.45, 7) is 16.4. The van der Waals surface area contributed by atoms with Crippen LogP contribution in [0.4, 0.5) is 4.79 Å². The van der Waals surface area contributed by atoms with E-state index in [0.29, 0.717) is 13.1 Å². The Labute approximate surface area is 104 Å². The fraction of sp³-hybridized carbons (Fsp3) is 0.308. The average Bonchev–Trinajstić information content (AvgIpc) is 2.30. The van der Waals surface area contributed by atoms with Gasteiger partial charge in [-0.25, -0.2) is 4.79 Å². The quantitative estimate of drug-likeness (QED) is 0.504. The van der Waals surface area contributed by atoms with E-state index in [1.807, 2.05) is 12.2 Å². The molecule has 0 heterocycles. The highest BCUT2D eigenvalue weighted by molar-refractivity contribution is 5.65. The second-order valence-corrected chi connectivity index (χ2v) is 3.00. The zero-order chi connectivity index (χ0) is 13.5. The van der Waals surface area contributed by atoms with Crippen LogP contribution in [0.1, 0.15) is 0 Å². The third-order valence-electron chi connectivity index (χ3n) is 1.55. The highest BCUT2D eigenvalue weighted by Gasteiger charge is 2.05. The summed E-state index contributed by atoms with van der Waals surface area (Å²) in [4.78, 5) is 11.5. The van der Waals surface area contributed by atoms with Crippen LogP contribution >= 0.6 is 0 Å².